The summed E-state index contributed by atoms with van der Waals surface area (Å²) >= 11 is 0. The van der Waals surface area contributed by atoms with E-state index >= 15 is 0 Å². The van der Waals surface area contributed by atoms with Gasteiger partial charge in [-0.1, -0.05) is 36.8 Å². The van der Waals surface area contributed by atoms with Crippen LogP contribution < -0.4 is 0 Å². The van der Waals surface area contributed by atoms with Gasteiger partial charge >= 0.3 is 0 Å². The van der Waals surface area contributed by atoms with Crippen LogP contribution in [0.1, 0.15) is 43.4 Å². The Balaban J connectivity index is 1.57. The molecule has 1 aromatic heterocycles. The first-order valence-corrected chi connectivity index (χ1v) is 8.78. The van der Waals surface area contributed by atoms with E-state index in [4.69, 9.17) is 0 Å². The largest absolute Gasteiger partial charge is 0.383 e. The Morgan fingerprint density at radius 1 is 1.08 bits per heavy atom. The highest BCUT2D eigenvalue weighted by atomic mass is 19.1. The number of rotatable bonds is 3. The Bertz CT molecular complexity index is 675. The zero-order valence-corrected chi connectivity index (χ0v) is 13.7. The van der Waals surface area contributed by atoms with Gasteiger partial charge in [0.1, 0.15) is 11.4 Å². The first-order valence-electron chi connectivity index (χ1n) is 8.78. The minimum absolute atomic E-state index is 0.356. The standard InChI is InChI=1S/C20H23FN2O/c21-16-9-10-19(22-13-16)20(24)11-17-7-4-8-18(12-20)23(17)14-15-5-2-1-3-6-15/h1-3,5-6,9-10,13,17-18,24H,4,7-8,11-12,14H2. The van der Waals surface area contributed by atoms with Crippen LogP contribution in [0.15, 0.2) is 48.7 Å². The molecule has 126 valence electrons. The van der Waals surface area contributed by atoms with Crippen LogP contribution in [0.5, 0.6) is 0 Å². The Labute approximate surface area is 142 Å². The molecule has 2 aliphatic rings. The molecule has 0 spiro atoms. The van der Waals surface area contributed by atoms with E-state index in [0.29, 0.717) is 30.6 Å². The van der Waals surface area contributed by atoms with Gasteiger partial charge in [0.25, 0.3) is 0 Å². The minimum atomic E-state index is -0.934. The Kier molecular flexibility index (Phi) is 4.10. The second-order valence-electron chi connectivity index (χ2n) is 7.20. The lowest BCUT2D eigenvalue weighted by atomic mass is 9.74. The van der Waals surface area contributed by atoms with Crippen LogP contribution in [0, 0.1) is 5.82 Å². The Hall–Kier alpha value is -1.78. The first kappa shape index (κ1) is 15.7. The van der Waals surface area contributed by atoms with Crippen molar-refractivity contribution >= 4 is 0 Å². The van der Waals surface area contributed by atoms with Crippen molar-refractivity contribution in [2.45, 2.75) is 56.3 Å². The SMILES string of the molecule is OC1(c2ccc(F)cn2)CC2CCCC(C1)N2Cc1ccccc1. The van der Waals surface area contributed by atoms with E-state index in [-0.39, 0.29) is 5.82 Å². The van der Waals surface area contributed by atoms with Crippen molar-refractivity contribution < 1.29 is 9.50 Å². The highest BCUT2D eigenvalue weighted by Gasteiger charge is 2.46. The van der Waals surface area contributed by atoms with Crippen molar-refractivity contribution in [2.24, 2.45) is 0 Å². The van der Waals surface area contributed by atoms with E-state index in [2.05, 4.69) is 34.1 Å². The van der Waals surface area contributed by atoms with Gasteiger partial charge in [-0.25, -0.2) is 4.39 Å². The molecule has 2 aromatic rings. The summed E-state index contributed by atoms with van der Waals surface area (Å²) in [7, 11) is 0. The van der Waals surface area contributed by atoms with Gasteiger partial charge < -0.3 is 5.11 Å². The van der Waals surface area contributed by atoms with Crippen molar-refractivity contribution in [3.63, 3.8) is 0 Å². The molecule has 2 bridgehead atoms. The van der Waals surface area contributed by atoms with Gasteiger partial charge in [0.2, 0.25) is 0 Å². The number of hydrogen-bond acceptors (Lipinski definition) is 3. The summed E-state index contributed by atoms with van der Waals surface area (Å²) in [6, 6.07) is 14.3. The van der Waals surface area contributed by atoms with E-state index < -0.39 is 5.60 Å². The molecule has 2 atom stereocenters. The van der Waals surface area contributed by atoms with Crippen molar-refractivity contribution in [2.75, 3.05) is 0 Å². The Morgan fingerprint density at radius 3 is 2.42 bits per heavy atom. The third kappa shape index (κ3) is 2.96. The predicted octanol–water partition coefficient (Wildman–Crippen LogP) is 3.63. The smallest absolute Gasteiger partial charge is 0.141 e. The highest BCUT2D eigenvalue weighted by molar-refractivity contribution is 5.19. The molecule has 0 saturated carbocycles. The van der Waals surface area contributed by atoms with E-state index in [1.807, 2.05) is 6.07 Å². The summed E-state index contributed by atoms with van der Waals surface area (Å²) in [4.78, 5) is 6.72. The summed E-state index contributed by atoms with van der Waals surface area (Å²) in [5.74, 6) is -0.357. The normalized spacial score (nSPS) is 30.2. The molecule has 2 saturated heterocycles. The molecule has 2 fully saturated rings. The van der Waals surface area contributed by atoms with Crippen LogP contribution in [0.2, 0.25) is 0 Å². The number of halogens is 1. The van der Waals surface area contributed by atoms with Crippen LogP contribution in [0.4, 0.5) is 4.39 Å². The number of pyridine rings is 1. The summed E-state index contributed by atoms with van der Waals surface area (Å²) in [6.07, 6.45) is 5.98. The minimum Gasteiger partial charge on any atom is -0.383 e. The van der Waals surface area contributed by atoms with Gasteiger partial charge in [-0.05, 0) is 43.4 Å². The lowest BCUT2D eigenvalue weighted by Crippen LogP contribution is -2.56. The lowest BCUT2D eigenvalue weighted by molar-refractivity contribution is -0.102. The second kappa shape index (κ2) is 6.26. The van der Waals surface area contributed by atoms with Crippen molar-refractivity contribution in [3.05, 3.63) is 65.7 Å². The molecule has 24 heavy (non-hydrogen) atoms. The summed E-state index contributed by atoms with van der Waals surface area (Å²) in [6.45, 7) is 0.934. The monoisotopic (exact) mass is 326 g/mol. The molecule has 4 heteroatoms. The highest BCUT2D eigenvalue weighted by Crippen LogP contribution is 2.44. The van der Waals surface area contributed by atoms with E-state index in [9.17, 15) is 9.50 Å². The molecule has 0 radical (unpaired) electrons. The molecule has 0 amide bonds. The lowest BCUT2D eigenvalue weighted by Gasteiger charge is -2.52. The molecule has 3 nitrogen and oxygen atoms in total. The molecule has 1 aromatic carbocycles. The second-order valence-corrected chi connectivity index (χ2v) is 7.20. The molecule has 2 unspecified atom stereocenters. The maximum absolute atomic E-state index is 13.2. The maximum Gasteiger partial charge on any atom is 0.141 e. The van der Waals surface area contributed by atoms with Crippen LogP contribution in [-0.4, -0.2) is 27.1 Å². The fourth-order valence-corrected chi connectivity index (χ4v) is 4.43. The van der Waals surface area contributed by atoms with Crippen LogP contribution in [-0.2, 0) is 12.1 Å². The number of aromatic nitrogens is 1. The summed E-state index contributed by atoms with van der Waals surface area (Å²) in [5, 5.41) is 11.2. The van der Waals surface area contributed by atoms with Gasteiger partial charge in [0, 0.05) is 18.6 Å². The van der Waals surface area contributed by atoms with E-state index in [1.54, 1.807) is 6.07 Å². The van der Waals surface area contributed by atoms with Gasteiger partial charge in [-0.2, -0.15) is 0 Å². The van der Waals surface area contributed by atoms with Gasteiger partial charge in [0.05, 0.1) is 11.9 Å². The average Bonchev–Trinajstić information content (AvgIpc) is 2.57. The van der Waals surface area contributed by atoms with Crippen molar-refractivity contribution in [3.8, 4) is 0 Å². The molecule has 4 rings (SSSR count). The zero-order valence-electron chi connectivity index (χ0n) is 13.7. The van der Waals surface area contributed by atoms with Crippen LogP contribution >= 0.6 is 0 Å². The van der Waals surface area contributed by atoms with Gasteiger partial charge in [0.15, 0.2) is 0 Å². The molecular weight excluding hydrogens is 303 g/mol. The number of piperidine rings is 2. The predicted molar refractivity (Wildman–Crippen MR) is 90.7 cm³/mol. The quantitative estimate of drug-likeness (QED) is 0.936. The molecule has 1 N–H and O–H groups in total. The van der Waals surface area contributed by atoms with Crippen LogP contribution in [0.25, 0.3) is 0 Å². The van der Waals surface area contributed by atoms with E-state index in [0.717, 1.165) is 19.4 Å². The summed E-state index contributed by atoms with van der Waals surface area (Å²) < 4.78 is 13.2. The molecule has 2 aliphatic heterocycles. The molecule has 3 heterocycles. The summed E-state index contributed by atoms with van der Waals surface area (Å²) in [5.41, 5.74) is 0.997. The fourth-order valence-electron chi connectivity index (χ4n) is 4.43. The van der Waals surface area contributed by atoms with Crippen LogP contribution in [0.3, 0.4) is 0 Å². The fraction of sp³-hybridized carbons (Fsp3) is 0.450. The zero-order chi connectivity index (χ0) is 16.6. The van der Waals surface area contributed by atoms with Crippen molar-refractivity contribution in [1.29, 1.82) is 0 Å². The third-order valence-electron chi connectivity index (χ3n) is 5.57. The topological polar surface area (TPSA) is 36.4 Å². The first-order chi connectivity index (χ1) is 11.6. The number of benzene rings is 1. The Morgan fingerprint density at radius 2 is 1.79 bits per heavy atom. The maximum atomic E-state index is 13.2. The van der Waals surface area contributed by atoms with Gasteiger partial charge in [-0.3, -0.25) is 9.88 Å². The molecule has 0 aliphatic carbocycles. The third-order valence-corrected chi connectivity index (χ3v) is 5.57. The van der Waals surface area contributed by atoms with E-state index in [1.165, 1.54) is 24.2 Å². The number of hydrogen-bond donors (Lipinski definition) is 1. The van der Waals surface area contributed by atoms with Gasteiger partial charge in [-0.15, -0.1) is 0 Å². The van der Waals surface area contributed by atoms with Crippen molar-refractivity contribution in [1.82, 2.24) is 9.88 Å². The average molecular weight is 326 g/mol. The molecular formula is C20H23FN2O. The number of aliphatic hydroxyl groups is 1. The number of nitrogens with zero attached hydrogens (tertiary/aromatic N) is 2. The number of fused-ring (bicyclic) bond motifs is 2.